The molecule has 1 aliphatic heterocycles. The molecule has 0 spiro atoms. The van der Waals surface area contributed by atoms with Crippen molar-refractivity contribution in [2.24, 2.45) is 20.0 Å². The second kappa shape index (κ2) is 7.63. The molecule has 0 saturated heterocycles. The van der Waals surface area contributed by atoms with Gasteiger partial charge in [-0.25, -0.2) is 4.79 Å². The summed E-state index contributed by atoms with van der Waals surface area (Å²) in [5, 5.41) is 2.98. The molecule has 0 saturated carbocycles. The van der Waals surface area contributed by atoms with Crippen LogP contribution in [0.3, 0.4) is 0 Å². The molecule has 8 heteroatoms. The number of nitrogens with one attached hydrogen (secondary N) is 1. The summed E-state index contributed by atoms with van der Waals surface area (Å²) in [7, 11) is 2.98. The van der Waals surface area contributed by atoms with Crippen LogP contribution in [0.5, 0.6) is 0 Å². The molecule has 0 radical (unpaired) electrons. The summed E-state index contributed by atoms with van der Waals surface area (Å²) < 4.78 is 8.46. The lowest BCUT2D eigenvalue weighted by Gasteiger charge is -2.35. The van der Waals surface area contributed by atoms with Crippen LogP contribution >= 0.6 is 15.9 Å². The Bertz CT molecular complexity index is 1100. The summed E-state index contributed by atoms with van der Waals surface area (Å²) >= 11 is 3.44. The topological polar surface area (TPSA) is 82.3 Å². The van der Waals surface area contributed by atoms with Gasteiger partial charge < -0.3 is 10.1 Å². The molecule has 2 atom stereocenters. The fourth-order valence-corrected chi connectivity index (χ4v) is 3.88. The van der Waals surface area contributed by atoms with Crippen molar-refractivity contribution in [2.45, 2.75) is 5.92 Å². The number of halogens is 1. The number of carbonyl (C=O) groups is 1. The van der Waals surface area contributed by atoms with E-state index in [0.29, 0.717) is 17.1 Å². The van der Waals surface area contributed by atoms with Crippen molar-refractivity contribution >= 4 is 27.7 Å². The van der Waals surface area contributed by atoms with E-state index in [1.807, 2.05) is 24.3 Å². The van der Waals surface area contributed by atoms with Gasteiger partial charge in [-0.1, -0.05) is 47.3 Å². The lowest BCUT2D eigenvalue weighted by Crippen LogP contribution is -2.46. The average molecular weight is 446 g/mol. The average Bonchev–Trinajstić information content (AvgIpc) is 2.67. The molecule has 7 nitrogen and oxygen atoms in total. The molecule has 0 fully saturated rings. The molecule has 2 heterocycles. The maximum atomic E-state index is 13.0. The van der Waals surface area contributed by atoms with Crippen molar-refractivity contribution in [2.75, 3.05) is 11.9 Å². The smallest absolute Gasteiger partial charge is 0.332 e. The number of benzene rings is 1. The maximum absolute atomic E-state index is 13.0. The van der Waals surface area contributed by atoms with Gasteiger partial charge in [0.25, 0.3) is 5.56 Å². The minimum absolute atomic E-state index is 0.0476. The first-order valence-corrected chi connectivity index (χ1v) is 9.36. The van der Waals surface area contributed by atoms with Gasteiger partial charge in [-0.3, -0.25) is 18.7 Å². The zero-order valence-corrected chi connectivity index (χ0v) is 17.2. The van der Waals surface area contributed by atoms with Gasteiger partial charge >= 0.3 is 11.7 Å². The summed E-state index contributed by atoms with van der Waals surface area (Å²) in [5.74, 6) is -1.70. The Kier molecular flexibility index (Phi) is 5.42. The highest BCUT2D eigenvalue weighted by Crippen LogP contribution is 2.42. The Morgan fingerprint density at radius 1 is 1.32 bits per heavy atom. The number of fused-ring (bicyclic) bond motifs is 1. The molecule has 1 aromatic heterocycles. The quantitative estimate of drug-likeness (QED) is 0.576. The first-order chi connectivity index (χ1) is 13.3. The first-order valence-electron chi connectivity index (χ1n) is 8.56. The lowest BCUT2D eigenvalue weighted by molar-refractivity contribution is -0.146. The van der Waals surface area contributed by atoms with Gasteiger partial charge in [0, 0.05) is 30.2 Å². The van der Waals surface area contributed by atoms with Crippen LogP contribution in [0.15, 0.2) is 63.3 Å². The van der Waals surface area contributed by atoms with E-state index in [1.165, 1.54) is 17.7 Å². The predicted octanol–water partition coefficient (Wildman–Crippen LogP) is 2.26. The molecule has 28 heavy (non-hydrogen) atoms. The highest BCUT2D eigenvalue weighted by Gasteiger charge is 2.42. The zero-order valence-electron chi connectivity index (χ0n) is 15.6. The number of anilines is 1. The monoisotopic (exact) mass is 445 g/mol. The number of carbonyl (C=O) groups excluding carboxylic acids is 1. The van der Waals surface area contributed by atoms with Crippen LogP contribution in [-0.2, 0) is 23.6 Å². The Morgan fingerprint density at radius 2 is 2.04 bits per heavy atom. The van der Waals surface area contributed by atoms with Crippen molar-refractivity contribution in [1.82, 2.24) is 9.13 Å². The van der Waals surface area contributed by atoms with Gasteiger partial charge in [-0.2, -0.15) is 0 Å². The van der Waals surface area contributed by atoms with E-state index in [4.69, 9.17) is 4.74 Å². The van der Waals surface area contributed by atoms with Crippen LogP contribution in [0.4, 0.5) is 5.82 Å². The highest BCUT2D eigenvalue weighted by atomic mass is 79.9. The van der Waals surface area contributed by atoms with Crippen LogP contribution in [-0.4, -0.2) is 21.7 Å². The lowest BCUT2D eigenvalue weighted by atomic mass is 9.77. The SMILES string of the molecule is C=CCOC(=O)[C@H]1C(=C)Nc2c(c(=O)n(C)c(=O)n2C)[C@@H]1c1cccc(Br)c1. The predicted molar refractivity (Wildman–Crippen MR) is 110 cm³/mol. The molecular formula is C20H20BrN3O4. The second-order valence-corrected chi connectivity index (χ2v) is 7.46. The van der Waals surface area contributed by atoms with Crippen molar-refractivity contribution < 1.29 is 9.53 Å². The number of rotatable bonds is 4. The van der Waals surface area contributed by atoms with E-state index in [9.17, 15) is 14.4 Å². The van der Waals surface area contributed by atoms with E-state index in [1.54, 1.807) is 7.05 Å². The van der Waals surface area contributed by atoms with Crippen LogP contribution in [0.2, 0.25) is 0 Å². The van der Waals surface area contributed by atoms with E-state index in [0.717, 1.165) is 14.6 Å². The summed E-state index contributed by atoms with van der Waals surface area (Å²) in [6.07, 6.45) is 1.47. The summed E-state index contributed by atoms with van der Waals surface area (Å²) in [4.78, 5) is 38.2. The van der Waals surface area contributed by atoms with Crippen LogP contribution < -0.4 is 16.6 Å². The summed E-state index contributed by atoms with van der Waals surface area (Å²) in [6.45, 7) is 7.57. The van der Waals surface area contributed by atoms with Gasteiger partial charge in [0.15, 0.2) is 0 Å². The van der Waals surface area contributed by atoms with Gasteiger partial charge in [0.05, 0.1) is 5.56 Å². The normalized spacial score (nSPS) is 18.2. The Hall–Kier alpha value is -2.87. The standard InChI is InChI=1S/C20H20BrN3O4/c1-5-9-28-19(26)14-11(2)22-17-16(18(25)24(4)20(27)23(17)3)15(14)12-7-6-8-13(21)10-12/h5-8,10,14-15,22H,1-2,9H2,3-4H3/t14-,15+/m0/s1. The van der Waals surface area contributed by atoms with Crippen LogP contribution in [0.25, 0.3) is 0 Å². The first kappa shape index (κ1) is 19.9. The third-order valence-corrected chi connectivity index (χ3v) is 5.30. The molecule has 1 aliphatic rings. The summed E-state index contributed by atoms with van der Waals surface area (Å²) in [6, 6.07) is 7.34. The van der Waals surface area contributed by atoms with Crippen molar-refractivity contribution in [3.8, 4) is 0 Å². The molecule has 0 unspecified atom stereocenters. The van der Waals surface area contributed by atoms with E-state index < -0.39 is 29.1 Å². The molecular weight excluding hydrogens is 426 g/mol. The summed E-state index contributed by atoms with van der Waals surface area (Å²) in [5.41, 5.74) is 0.467. The van der Waals surface area contributed by atoms with Gasteiger partial charge in [0.2, 0.25) is 0 Å². The number of hydrogen-bond donors (Lipinski definition) is 1. The van der Waals surface area contributed by atoms with E-state index in [-0.39, 0.29) is 6.61 Å². The van der Waals surface area contributed by atoms with Crippen LogP contribution in [0, 0.1) is 5.92 Å². The fourth-order valence-electron chi connectivity index (χ4n) is 3.47. The molecule has 1 N–H and O–H groups in total. The number of esters is 1. The number of ether oxygens (including phenoxy) is 1. The molecule has 146 valence electrons. The molecule has 2 aromatic rings. The van der Waals surface area contributed by atoms with Gasteiger partial charge in [-0.05, 0) is 17.7 Å². The van der Waals surface area contributed by atoms with Crippen LogP contribution in [0.1, 0.15) is 17.0 Å². The van der Waals surface area contributed by atoms with Crippen molar-refractivity contribution in [3.05, 3.63) is 85.6 Å². The van der Waals surface area contributed by atoms with E-state index in [2.05, 4.69) is 34.4 Å². The fraction of sp³-hybridized carbons (Fsp3) is 0.250. The Balaban J connectivity index is 2.32. The van der Waals surface area contributed by atoms with Crippen molar-refractivity contribution in [3.63, 3.8) is 0 Å². The van der Waals surface area contributed by atoms with Gasteiger partial charge in [0.1, 0.15) is 18.3 Å². The van der Waals surface area contributed by atoms with Crippen molar-refractivity contribution in [1.29, 1.82) is 0 Å². The number of hydrogen-bond acceptors (Lipinski definition) is 5. The van der Waals surface area contributed by atoms with Gasteiger partial charge in [-0.15, -0.1) is 0 Å². The maximum Gasteiger partial charge on any atom is 0.332 e. The molecule has 0 aliphatic carbocycles. The van der Waals surface area contributed by atoms with E-state index >= 15 is 0 Å². The molecule has 0 bridgehead atoms. The largest absolute Gasteiger partial charge is 0.461 e. The number of aromatic nitrogens is 2. The third-order valence-electron chi connectivity index (χ3n) is 4.80. The highest BCUT2D eigenvalue weighted by molar-refractivity contribution is 9.10. The minimum Gasteiger partial charge on any atom is -0.461 e. The zero-order chi connectivity index (χ0) is 20.6. The molecule has 0 amide bonds. The third kappa shape index (κ3) is 3.24. The second-order valence-electron chi connectivity index (χ2n) is 6.55. The molecule has 1 aromatic carbocycles. The molecule has 3 rings (SSSR count). The minimum atomic E-state index is -0.841. The Morgan fingerprint density at radius 3 is 2.68 bits per heavy atom. The Labute approximate surface area is 170 Å². The number of nitrogens with zero attached hydrogens (tertiary/aromatic N) is 2.